The molecule has 6 nitrogen and oxygen atoms in total. The summed E-state index contributed by atoms with van der Waals surface area (Å²) in [6, 6.07) is 30.9. The van der Waals surface area contributed by atoms with Crippen LogP contribution in [-0.4, -0.2) is 59.0 Å². The molecule has 2 saturated heterocycles. The van der Waals surface area contributed by atoms with Crippen molar-refractivity contribution >= 4 is 65.2 Å². The van der Waals surface area contributed by atoms with Crippen LogP contribution in [0.1, 0.15) is 25.7 Å². The third-order valence-corrected chi connectivity index (χ3v) is 12.3. The van der Waals surface area contributed by atoms with E-state index in [9.17, 15) is 0 Å². The van der Waals surface area contributed by atoms with Gasteiger partial charge in [0, 0.05) is 55.7 Å². The average Bonchev–Trinajstić information content (AvgIpc) is 3.76. The van der Waals surface area contributed by atoms with Crippen LogP contribution in [0.2, 0.25) is 0 Å². The van der Waals surface area contributed by atoms with E-state index in [1.165, 1.54) is 117 Å². The molecule has 8 heteroatoms. The minimum Gasteiger partial charge on any atom is -1.00 e. The lowest BCUT2D eigenvalue weighted by atomic mass is 9.79. The molecule has 0 bridgehead atoms. The molecule has 0 atom stereocenters. The number of pyridine rings is 2. The predicted molar refractivity (Wildman–Crippen MR) is 205 cm³/mol. The van der Waals surface area contributed by atoms with Crippen molar-refractivity contribution in [1.29, 1.82) is 0 Å². The van der Waals surface area contributed by atoms with E-state index in [4.69, 9.17) is 0 Å². The van der Waals surface area contributed by atoms with Gasteiger partial charge in [-0.1, -0.05) is 48.5 Å². The maximum atomic E-state index is 3.61. The van der Waals surface area contributed by atoms with Gasteiger partial charge in [0.15, 0.2) is 37.9 Å². The van der Waals surface area contributed by atoms with Crippen molar-refractivity contribution in [2.75, 3.05) is 39.3 Å². The first-order valence-corrected chi connectivity index (χ1v) is 18.8. The van der Waals surface area contributed by atoms with Crippen LogP contribution in [0.4, 0.5) is 0 Å². The Hall–Kier alpha value is -4.20. The summed E-state index contributed by atoms with van der Waals surface area (Å²) < 4.78 is 4.81. The van der Waals surface area contributed by atoms with E-state index in [-0.39, 0.29) is 24.8 Å². The van der Waals surface area contributed by atoms with E-state index in [0.717, 1.165) is 38.0 Å². The topological polar surface area (TPSA) is 45.8 Å². The Morgan fingerprint density at radius 3 is 1.35 bits per heavy atom. The molecule has 0 amide bonds. The van der Waals surface area contributed by atoms with Crippen LogP contribution < -0.4 is 33.9 Å². The van der Waals surface area contributed by atoms with Gasteiger partial charge in [0.05, 0.1) is 23.9 Å². The third kappa shape index (κ3) is 6.40. The molecule has 0 saturated carbocycles. The third-order valence-electron chi connectivity index (χ3n) is 12.3. The first-order chi connectivity index (χ1) is 24.7. The number of aromatic amines is 2. The van der Waals surface area contributed by atoms with Crippen molar-refractivity contribution in [3.05, 3.63) is 110 Å². The number of aromatic nitrogens is 4. The van der Waals surface area contributed by atoms with Crippen LogP contribution >= 0.6 is 0 Å². The van der Waals surface area contributed by atoms with Crippen LogP contribution in [-0.2, 0) is 13.1 Å². The molecule has 0 unspecified atom stereocenters. The maximum Gasteiger partial charge on any atom is 0.177 e. The molecule has 2 aliphatic rings. The molecule has 4 aromatic carbocycles. The summed E-state index contributed by atoms with van der Waals surface area (Å²) in [5, 5.41) is 10.6. The van der Waals surface area contributed by atoms with Crippen molar-refractivity contribution in [3.8, 4) is 0 Å². The molecule has 2 aliphatic heterocycles. The van der Waals surface area contributed by atoms with Gasteiger partial charge in [0.25, 0.3) is 0 Å². The highest BCUT2D eigenvalue weighted by atomic mass is 35.5. The smallest absolute Gasteiger partial charge is 0.177 e. The zero-order chi connectivity index (χ0) is 33.0. The highest BCUT2D eigenvalue weighted by Crippen LogP contribution is 2.34. The Morgan fingerprint density at radius 1 is 0.481 bits per heavy atom. The first-order valence-electron chi connectivity index (χ1n) is 18.8. The first kappa shape index (κ1) is 34.9. The van der Waals surface area contributed by atoms with Gasteiger partial charge in [0.1, 0.15) is 0 Å². The van der Waals surface area contributed by atoms with Crippen molar-refractivity contribution in [2.45, 2.75) is 38.8 Å². The van der Waals surface area contributed by atoms with E-state index in [1.807, 2.05) is 0 Å². The fraction of sp³-hybridized carbons (Fsp3) is 0.318. The second kappa shape index (κ2) is 14.7. The number of likely N-dealkylation sites (tertiary alicyclic amines) is 2. The molecule has 0 radical (unpaired) electrons. The van der Waals surface area contributed by atoms with Gasteiger partial charge in [0.2, 0.25) is 0 Å². The lowest BCUT2D eigenvalue weighted by Gasteiger charge is -2.39. The van der Waals surface area contributed by atoms with E-state index >= 15 is 0 Å². The Morgan fingerprint density at radius 2 is 0.904 bits per heavy atom. The number of nitrogens with zero attached hydrogens (tertiary/aromatic N) is 4. The maximum absolute atomic E-state index is 3.61. The number of benzene rings is 4. The summed E-state index contributed by atoms with van der Waals surface area (Å²) in [5.41, 5.74) is 4.87. The number of rotatable bonds is 7. The molecular weight excluding hydrogens is 683 g/mol. The van der Waals surface area contributed by atoms with Gasteiger partial charge in [-0.2, -0.15) is 0 Å². The van der Waals surface area contributed by atoms with Gasteiger partial charge in [-0.25, -0.2) is 9.13 Å². The van der Waals surface area contributed by atoms with Gasteiger partial charge in [-0.3, -0.25) is 9.80 Å². The number of H-pyrrole nitrogens is 2. The second-order valence-corrected chi connectivity index (χ2v) is 15.0. The largest absolute Gasteiger partial charge is 1.00 e. The molecule has 4 aromatic heterocycles. The van der Waals surface area contributed by atoms with Crippen LogP contribution in [0.15, 0.2) is 110 Å². The molecule has 8 aromatic rings. The number of piperidine rings is 2. The predicted octanol–water partition coefficient (Wildman–Crippen LogP) is 1.97. The molecule has 0 aliphatic carbocycles. The summed E-state index contributed by atoms with van der Waals surface area (Å²) >= 11 is 0. The average molecular weight is 730 g/mol. The number of hydrogen-bond acceptors (Lipinski definition) is 2. The molecule has 2 fully saturated rings. The summed E-state index contributed by atoms with van der Waals surface area (Å²) in [6.07, 6.45) is 14.7. The van der Waals surface area contributed by atoms with Crippen molar-refractivity contribution < 1.29 is 33.9 Å². The lowest BCUT2D eigenvalue weighted by molar-refractivity contribution is -0.695. The monoisotopic (exact) mass is 728 g/mol. The number of nitrogens with one attached hydrogen (secondary N) is 2. The van der Waals surface area contributed by atoms with Gasteiger partial charge in [-0.05, 0) is 98.7 Å². The van der Waals surface area contributed by atoms with Gasteiger partial charge >= 0.3 is 0 Å². The SMILES string of the molecule is [Cl-].[Cl-].c1ccc2c(c1)[nH]c1ccc3cc[n+](CCN4CCC(C5CCN(CC[n+]6ccc7ccc8[nH]c9ccccc9c8c7c6)CC5)CC4)cc3c12. The molecule has 6 heterocycles. The summed E-state index contributed by atoms with van der Waals surface area (Å²) in [6.45, 7) is 9.32. The lowest BCUT2D eigenvalue weighted by Crippen LogP contribution is -3.00. The van der Waals surface area contributed by atoms with Crippen LogP contribution in [0.25, 0.3) is 65.2 Å². The van der Waals surface area contributed by atoms with Crippen LogP contribution in [0.3, 0.4) is 0 Å². The van der Waals surface area contributed by atoms with Crippen molar-refractivity contribution in [3.63, 3.8) is 0 Å². The number of fused-ring (bicyclic) bond motifs is 10. The van der Waals surface area contributed by atoms with E-state index < -0.39 is 0 Å². The standard InChI is InChI=1S/C44H44N6.2ClH/c1-3-7-39-35(5-1)43-37-29-49(23-17-33(37)9-11-41(43)45-39)27-25-47-19-13-31(14-20-47)32-15-21-48(22-16-32)26-28-50-24-18-34-10-12-42-44(38(34)30-50)36-6-2-4-8-40(36)46-42;;/h1-12,17-18,23-24,29-32H,13-16,19-22,25-28H2;2*1H. The molecule has 52 heavy (non-hydrogen) atoms. The van der Waals surface area contributed by atoms with Crippen molar-refractivity contribution in [2.24, 2.45) is 11.8 Å². The number of halogens is 2. The summed E-state index contributed by atoms with van der Waals surface area (Å²) in [7, 11) is 0. The highest BCUT2D eigenvalue weighted by Gasteiger charge is 2.30. The Kier molecular flexibility index (Phi) is 9.84. The minimum absolute atomic E-state index is 0. The fourth-order valence-corrected chi connectivity index (χ4v) is 9.40. The van der Waals surface area contributed by atoms with E-state index in [1.54, 1.807) is 0 Å². The molecule has 0 spiro atoms. The number of para-hydroxylation sites is 2. The highest BCUT2D eigenvalue weighted by molar-refractivity contribution is 6.20. The zero-order valence-corrected chi connectivity index (χ0v) is 31.1. The molecule has 2 N–H and O–H groups in total. The quantitative estimate of drug-likeness (QED) is 0.247. The van der Waals surface area contributed by atoms with Gasteiger partial charge < -0.3 is 34.8 Å². The Balaban J connectivity index is 0.00000193. The van der Waals surface area contributed by atoms with Crippen molar-refractivity contribution in [1.82, 2.24) is 19.8 Å². The zero-order valence-electron chi connectivity index (χ0n) is 29.6. The minimum atomic E-state index is 0. The molecule has 266 valence electrons. The molecule has 10 rings (SSSR count). The van der Waals surface area contributed by atoms with Gasteiger partial charge in [-0.15, -0.1) is 0 Å². The Labute approximate surface area is 317 Å². The van der Waals surface area contributed by atoms with Crippen LogP contribution in [0, 0.1) is 11.8 Å². The van der Waals surface area contributed by atoms with E-state index in [0.29, 0.717) is 0 Å². The summed E-state index contributed by atoms with van der Waals surface area (Å²) in [5.74, 6) is 1.79. The summed E-state index contributed by atoms with van der Waals surface area (Å²) in [4.78, 5) is 12.6. The Bertz CT molecular complexity index is 2330. The fourth-order valence-electron chi connectivity index (χ4n) is 9.40. The molecular formula is C44H46Cl2N6. The number of hydrogen-bond donors (Lipinski definition) is 2. The van der Waals surface area contributed by atoms with Crippen LogP contribution in [0.5, 0.6) is 0 Å². The van der Waals surface area contributed by atoms with E-state index in [2.05, 4.69) is 139 Å². The second-order valence-electron chi connectivity index (χ2n) is 15.0. The normalized spacial score (nSPS) is 16.7.